The molecule has 0 aliphatic carbocycles. The molecule has 0 bridgehead atoms. The second-order valence-electron chi connectivity index (χ2n) is 6.92. The number of likely N-dealkylation sites (N-methyl/N-ethyl adjacent to an activating group) is 1. The Bertz CT molecular complexity index is 617. The van der Waals surface area contributed by atoms with E-state index in [1.165, 1.54) is 13.2 Å². The highest BCUT2D eigenvalue weighted by molar-refractivity contribution is 6.00. The monoisotopic (exact) mass is 366 g/mol. The number of phenolic OH excluding ortho intramolecular Hbond substituents is 1. The molecule has 146 valence electrons. The summed E-state index contributed by atoms with van der Waals surface area (Å²) in [5.74, 6) is -1.09. The van der Waals surface area contributed by atoms with Crippen molar-refractivity contribution in [1.82, 2.24) is 10.6 Å². The highest BCUT2D eigenvalue weighted by atomic mass is 16.5. The van der Waals surface area contributed by atoms with Crippen molar-refractivity contribution in [2.45, 2.75) is 20.3 Å². The number of ether oxygens (including phenoxy) is 1. The summed E-state index contributed by atoms with van der Waals surface area (Å²) in [5, 5.41) is 15.3. The van der Waals surface area contributed by atoms with Gasteiger partial charge in [-0.2, -0.15) is 0 Å². The van der Waals surface area contributed by atoms with Gasteiger partial charge in [0.15, 0.2) is 11.5 Å². The molecule has 2 amide bonds. The third-order valence-corrected chi connectivity index (χ3v) is 4.54. The molecule has 1 unspecified atom stereocenters. The van der Waals surface area contributed by atoms with Crippen LogP contribution < -0.4 is 15.4 Å². The van der Waals surface area contributed by atoms with Crippen molar-refractivity contribution in [2.75, 3.05) is 47.4 Å². The summed E-state index contributed by atoms with van der Waals surface area (Å²) >= 11 is 0. The fraction of sp³-hybridized carbons (Fsp3) is 0.579. The lowest BCUT2D eigenvalue weighted by molar-refractivity contribution is -0.887. The minimum absolute atomic E-state index is 0.0230. The second kappa shape index (κ2) is 10.0. The Kier molecular flexibility index (Phi) is 8.38. The van der Waals surface area contributed by atoms with Gasteiger partial charge >= 0.3 is 0 Å². The number of carbonyl (C=O) groups excluding carboxylic acids is 2. The molecule has 1 rings (SSSR count). The first-order valence-electron chi connectivity index (χ1n) is 8.97. The zero-order valence-corrected chi connectivity index (χ0v) is 16.5. The third-order valence-electron chi connectivity index (χ3n) is 4.54. The number of nitrogens with zero attached hydrogens (tertiary/aromatic N) is 1. The van der Waals surface area contributed by atoms with Crippen LogP contribution in [0.25, 0.3) is 0 Å². The van der Waals surface area contributed by atoms with E-state index in [0.717, 1.165) is 23.1 Å². The molecule has 1 aromatic carbocycles. The largest absolute Gasteiger partial charge is 0.504 e. The number of methoxy groups -OCH3 is 1. The van der Waals surface area contributed by atoms with Crippen molar-refractivity contribution < 1.29 is 23.9 Å². The first kappa shape index (κ1) is 21.8. The van der Waals surface area contributed by atoms with Gasteiger partial charge in [-0.3, -0.25) is 9.59 Å². The Morgan fingerprint density at radius 3 is 2.42 bits per heavy atom. The van der Waals surface area contributed by atoms with Crippen molar-refractivity contribution in [3.05, 3.63) is 23.8 Å². The number of quaternary nitrogens is 1. The molecule has 0 fully saturated rings. The van der Waals surface area contributed by atoms with Crippen molar-refractivity contribution in [2.24, 2.45) is 5.92 Å². The molecule has 0 aliphatic rings. The average Bonchev–Trinajstić information content (AvgIpc) is 2.60. The number of hydrogen-bond donors (Lipinski definition) is 3. The molecule has 0 heterocycles. The number of amides is 2. The Labute approximate surface area is 155 Å². The Hall–Kier alpha value is -2.28. The maximum Gasteiger partial charge on any atom is 0.233 e. The molecule has 0 radical (unpaired) electrons. The lowest BCUT2D eigenvalue weighted by Gasteiger charge is -2.28. The van der Waals surface area contributed by atoms with Crippen LogP contribution in [0, 0.1) is 5.92 Å². The van der Waals surface area contributed by atoms with E-state index in [4.69, 9.17) is 4.74 Å². The van der Waals surface area contributed by atoms with Crippen LogP contribution in [0.3, 0.4) is 0 Å². The maximum absolute atomic E-state index is 12.6. The van der Waals surface area contributed by atoms with E-state index in [9.17, 15) is 14.7 Å². The molecule has 0 aromatic heterocycles. The summed E-state index contributed by atoms with van der Waals surface area (Å²) in [5.41, 5.74) is 0.746. The zero-order chi connectivity index (χ0) is 19.7. The van der Waals surface area contributed by atoms with Gasteiger partial charge in [-0.1, -0.05) is 6.07 Å². The summed E-state index contributed by atoms with van der Waals surface area (Å²) in [6.07, 6.45) is 0.236. The molecule has 7 heteroatoms. The van der Waals surface area contributed by atoms with E-state index in [1.807, 2.05) is 6.92 Å². The third kappa shape index (κ3) is 6.55. The van der Waals surface area contributed by atoms with Crippen LogP contribution in [-0.2, 0) is 16.0 Å². The van der Waals surface area contributed by atoms with Crippen LogP contribution in [-0.4, -0.2) is 68.8 Å². The van der Waals surface area contributed by atoms with Crippen LogP contribution in [0.5, 0.6) is 11.5 Å². The van der Waals surface area contributed by atoms with Crippen LogP contribution in [0.2, 0.25) is 0 Å². The van der Waals surface area contributed by atoms with Gasteiger partial charge < -0.3 is 25.0 Å². The van der Waals surface area contributed by atoms with Gasteiger partial charge in [0.05, 0.1) is 40.8 Å². The number of aromatic hydroxyl groups is 1. The second-order valence-corrected chi connectivity index (χ2v) is 6.92. The predicted octanol–water partition coefficient (Wildman–Crippen LogP) is 0.908. The summed E-state index contributed by atoms with van der Waals surface area (Å²) in [6, 6.07) is 4.84. The van der Waals surface area contributed by atoms with Gasteiger partial charge in [0.2, 0.25) is 11.8 Å². The van der Waals surface area contributed by atoms with E-state index in [2.05, 4.69) is 31.7 Å². The van der Waals surface area contributed by atoms with E-state index < -0.39 is 5.92 Å². The smallest absolute Gasteiger partial charge is 0.233 e. The zero-order valence-electron chi connectivity index (χ0n) is 16.5. The van der Waals surface area contributed by atoms with Gasteiger partial charge in [0.1, 0.15) is 5.92 Å². The van der Waals surface area contributed by atoms with Crippen molar-refractivity contribution in [3.63, 3.8) is 0 Å². The lowest BCUT2D eigenvalue weighted by Crippen LogP contribution is -2.48. The van der Waals surface area contributed by atoms with Crippen molar-refractivity contribution in [3.8, 4) is 11.5 Å². The number of benzene rings is 1. The van der Waals surface area contributed by atoms with Crippen LogP contribution in [0.15, 0.2) is 18.2 Å². The van der Waals surface area contributed by atoms with Gasteiger partial charge in [-0.05, 0) is 38.0 Å². The van der Waals surface area contributed by atoms with Crippen LogP contribution >= 0.6 is 0 Å². The minimum Gasteiger partial charge on any atom is -0.504 e. The molecule has 0 saturated carbocycles. The standard InChI is InChI=1S/C19H31N3O4/c1-6-20-18(24)15(19(25)21-10-11-22(3,4)7-2)12-14-8-9-16(23)17(13-14)26-5/h8-9,13,15H,6-7,10-12H2,1-5H3,(H2-,20,21,23,24,25)/p+1. The SMILES string of the molecule is CCNC(=O)C(Cc1ccc(O)c(OC)c1)C(=O)NCC[N+](C)(C)CC. The highest BCUT2D eigenvalue weighted by Crippen LogP contribution is 2.27. The normalized spacial score (nSPS) is 12.3. The van der Waals surface area contributed by atoms with Crippen molar-refractivity contribution in [1.29, 1.82) is 0 Å². The number of nitrogens with one attached hydrogen (secondary N) is 2. The van der Waals surface area contributed by atoms with Gasteiger partial charge in [0.25, 0.3) is 0 Å². The lowest BCUT2D eigenvalue weighted by atomic mass is 9.97. The maximum atomic E-state index is 12.6. The van der Waals surface area contributed by atoms with Gasteiger partial charge in [-0.25, -0.2) is 0 Å². The summed E-state index contributed by atoms with van der Waals surface area (Å²) < 4.78 is 5.89. The van der Waals surface area contributed by atoms with Crippen molar-refractivity contribution >= 4 is 11.8 Å². The molecule has 0 saturated heterocycles. The molecular formula is C19H32N3O4+. The molecule has 3 N–H and O–H groups in total. The molecule has 26 heavy (non-hydrogen) atoms. The fourth-order valence-corrected chi connectivity index (χ4v) is 2.45. The fourth-order valence-electron chi connectivity index (χ4n) is 2.45. The molecular weight excluding hydrogens is 334 g/mol. The molecule has 1 atom stereocenters. The molecule has 0 aliphatic heterocycles. The number of carbonyl (C=O) groups is 2. The minimum atomic E-state index is -0.832. The van der Waals surface area contributed by atoms with E-state index >= 15 is 0 Å². The van der Waals surface area contributed by atoms with E-state index in [-0.39, 0.29) is 24.0 Å². The summed E-state index contributed by atoms with van der Waals surface area (Å²) in [7, 11) is 5.65. The summed E-state index contributed by atoms with van der Waals surface area (Å²) in [6.45, 7) is 6.63. The van der Waals surface area contributed by atoms with Crippen LogP contribution in [0.1, 0.15) is 19.4 Å². The highest BCUT2D eigenvalue weighted by Gasteiger charge is 2.27. The first-order chi connectivity index (χ1) is 12.2. The summed E-state index contributed by atoms with van der Waals surface area (Å²) in [4.78, 5) is 25.0. The molecule has 1 aromatic rings. The quantitative estimate of drug-likeness (QED) is 0.424. The van der Waals surface area contributed by atoms with E-state index in [0.29, 0.717) is 18.8 Å². The Morgan fingerprint density at radius 1 is 1.19 bits per heavy atom. The topological polar surface area (TPSA) is 87.7 Å². The predicted molar refractivity (Wildman–Crippen MR) is 101 cm³/mol. The Morgan fingerprint density at radius 2 is 1.85 bits per heavy atom. The van der Waals surface area contributed by atoms with Crippen LogP contribution in [0.4, 0.5) is 0 Å². The number of phenols is 1. The van der Waals surface area contributed by atoms with Gasteiger partial charge in [-0.15, -0.1) is 0 Å². The number of hydrogen-bond acceptors (Lipinski definition) is 4. The molecule has 0 spiro atoms. The first-order valence-corrected chi connectivity index (χ1v) is 8.97. The molecule has 7 nitrogen and oxygen atoms in total. The average molecular weight is 366 g/mol. The Balaban J connectivity index is 2.84. The number of rotatable bonds is 10. The van der Waals surface area contributed by atoms with Gasteiger partial charge in [0, 0.05) is 6.54 Å². The van der Waals surface area contributed by atoms with E-state index in [1.54, 1.807) is 12.1 Å².